The van der Waals surface area contributed by atoms with Gasteiger partial charge in [0.15, 0.2) is 0 Å². The molecule has 0 radical (unpaired) electrons. The normalized spacial score (nSPS) is 11.1. The zero-order chi connectivity index (χ0) is 21.6. The number of amides is 1. The minimum Gasteiger partial charge on any atom is -0.497 e. The Kier molecular flexibility index (Phi) is 6.95. The number of rotatable bonds is 9. The fourth-order valence-corrected chi connectivity index (χ4v) is 3.52. The van der Waals surface area contributed by atoms with Gasteiger partial charge < -0.3 is 14.5 Å². The summed E-state index contributed by atoms with van der Waals surface area (Å²) in [6.07, 6.45) is 0. The first kappa shape index (κ1) is 21.7. The molecule has 1 heterocycles. The molecule has 3 aromatic rings. The van der Waals surface area contributed by atoms with Gasteiger partial charge in [0.2, 0.25) is 21.8 Å². The monoisotopic (exact) mass is 448 g/mol. The minimum atomic E-state index is -3.34. The molecule has 0 fully saturated rings. The molecule has 0 saturated heterocycles. The van der Waals surface area contributed by atoms with E-state index >= 15 is 0 Å². The molecule has 158 valence electrons. The van der Waals surface area contributed by atoms with Crippen molar-refractivity contribution in [1.82, 2.24) is 10.2 Å². The van der Waals surface area contributed by atoms with Crippen LogP contribution in [0.4, 0.5) is 11.4 Å². The van der Waals surface area contributed by atoms with Gasteiger partial charge in [-0.25, -0.2) is 8.42 Å². The van der Waals surface area contributed by atoms with Gasteiger partial charge in [0.25, 0.3) is 5.22 Å². The SMILES string of the molecule is CCS(=O)(=O)Nc1ccc(-c2nnc(SCC(=O)Nc3ccc(OC)cc3)o2)cc1. The van der Waals surface area contributed by atoms with Crippen LogP contribution in [0.25, 0.3) is 11.5 Å². The second kappa shape index (κ2) is 9.63. The number of sulfonamides is 1. The molecule has 11 heteroatoms. The number of methoxy groups -OCH3 is 1. The Balaban J connectivity index is 1.55. The van der Waals surface area contributed by atoms with Gasteiger partial charge in [-0.05, 0) is 55.5 Å². The van der Waals surface area contributed by atoms with Crippen LogP contribution in [-0.4, -0.2) is 43.1 Å². The standard InChI is InChI=1S/C19H20N4O5S2/c1-3-30(25,26)23-15-6-4-13(5-7-15)18-21-22-19(28-18)29-12-17(24)20-14-8-10-16(27-2)11-9-14/h4-11,23H,3,12H2,1-2H3,(H,20,24). The van der Waals surface area contributed by atoms with Crippen molar-refractivity contribution in [2.75, 3.05) is 28.7 Å². The number of ether oxygens (including phenoxy) is 1. The number of carbonyl (C=O) groups excluding carboxylic acids is 1. The number of thioether (sulfide) groups is 1. The number of hydrogen-bond donors (Lipinski definition) is 2. The van der Waals surface area contributed by atoms with Crippen molar-refractivity contribution in [2.45, 2.75) is 12.1 Å². The van der Waals surface area contributed by atoms with E-state index in [1.807, 2.05) is 0 Å². The van der Waals surface area contributed by atoms with Gasteiger partial charge in [0, 0.05) is 16.9 Å². The van der Waals surface area contributed by atoms with Crippen molar-refractivity contribution in [3.05, 3.63) is 48.5 Å². The summed E-state index contributed by atoms with van der Waals surface area (Å²) in [6, 6.07) is 13.6. The lowest BCUT2D eigenvalue weighted by molar-refractivity contribution is -0.113. The van der Waals surface area contributed by atoms with E-state index in [2.05, 4.69) is 20.2 Å². The van der Waals surface area contributed by atoms with E-state index in [0.717, 1.165) is 11.8 Å². The van der Waals surface area contributed by atoms with Crippen LogP contribution in [0.5, 0.6) is 5.75 Å². The molecule has 30 heavy (non-hydrogen) atoms. The van der Waals surface area contributed by atoms with Gasteiger partial charge in [-0.2, -0.15) is 0 Å². The first-order valence-electron chi connectivity index (χ1n) is 8.89. The highest BCUT2D eigenvalue weighted by Crippen LogP contribution is 2.25. The van der Waals surface area contributed by atoms with Crippen molar-refractivity contribution in [3.63, 3.8) is 0 Å². The molecule has 2 N–H and O–H groups in total. The van der Waals surface area contributed by atoms with Crippen LogP contribution < -0.4 is 14.8 Å². The quantitative estimate of drug-likeness (QED) is 0.478. The molecule has 9 nitrogen and oxygen atoms in total. The van der Waals surface area contributed by atoms with E-state index in [4.69, 9.17) is 9.15 Å². The number of anilines is 2. The molecule has 0 aliphatic rings. The lowest BCUT2D eigenvalue weighted by Gasteiger charge is -2.05. The van der Waals surface area contributed by atoms with Crippen molar-refractivity contribution in [1.29, 1.82) is 0 Å². The first-order chi connectivity index (χ1) is 14.4. The molecule has 0 bridgehead atoms. The van der Waals surface area contributed by atoms with E-state index in [1.54, 1.807) is 62.6 Å². The second-order valence-electron chi connectivity index (χ2n) is 6.02. The molecule has 0 aliphatic heterocycles. The van der Waals surface area contributed by atoms with Crippen LogP contribution in [0.15, 0.2) is 58.2 Å². The third kappa shape index (κ3) is 5.97. The lowest BCUT2D eigenvalue weighted by Crippen LogP contribution is -2.14. The Morgan fingerprint density at radius 1 is 1.07 bits per heavy atom. The van der Waals surface area contributed by atoms with Crippen molar-refractivity contribution in [2.24, 2.45) is 0 Å². The predicted octanol–water partition coefficient (Wildman–Crippen LogP) is 3.24. The zero-order valence-corrected chi connectivity index (χ0v) is 17.9. The first-order valence-corrected chi connectivity index (χ1v) is 11.5. The summed E-state index contributed by atoms with van der Waals surface area (Å²) in [5.74, 6) is 0.864. The molecule has 0 aliphatic carbocycles. The molecule has 1 aromatic heterocycles. The Morgan fingerprint density at radius 2 is 1.73 bits per heavy atom. The van der Waals surface area contributed by atoms with Crippen LogP contribution >= 0.6 is 11.8 Å². The molecule has 0 unspecified atom stereocenters. The van der Waals surface area contributed by atoms with E-state index in [1.165, 1.54) is 0 Å². The lowest BCUT2D eigenvalue weighted by atomic mass is 10.2. The molecule has 1 amide bonds. The highest BCUT2D eigenvalue weighted by Gasteiger charge is 2.12. The summed E-state index contributed by atoms with van der Waals surface area (Å²) in [7, 11) is -1.76. The van der Waals surface area contributed by atoms with E-state index in [-0.39, 0.29) is 28.5 Å². The van der Waals surface area contributed by atoms with E-state index in [9.17, 15) is 13.2 Å². The van der Waals surface area contributed by atoms with E-state index in [0.29, 0.717) is 22.7 Å². The summed E-state index contributed by atoms with van der Waals surface area (Å²) in [4.78, 5) is 12.1. The van der Waals surface area contributed by atoms with Gasteiger partial charge in [0.05, 0.1) is 18.6 Å². The Labute approximate surface area is 178 Å². The van der Waals surface area contributed by atoms with Crippen LogP contribution in [0.1, 0.15) is 6.92 Å². The van der Waals surface area contributed by atoms with E-state index < -0.39 is 10.0 Å². The third-order valence-electron chi connectivity index (χ3n) is 3.89. The molecule has 0 atom stereocenters. The molecular weight excluding hydrogens is 428 g/mol. The minimum absolute atomic E-state index is 0.00889. The number of aromatic nitrogens is 2. The summed E-state index contributed by atoms with van der Waals surface area (Å²) in [6.45, 7) is 1.56. The number of nitrogens with one attached hydrogen (secondary N) is 2. The maximum absolute atomic E-state index is 12.1. The van der Waals surface area contributed by atoms with Crippen molar-refractivity contribution >= 4 is 39.1 Å². The number of hydrogen-bond acceptors (Lipinski definition) is 8. The van der Waals surface area contributed by atoms with Crippen LogP contribution in [0, 0.1) is 0 Å². The summed E-state index contributed by atoms with van der Waals surface area (Å²) >= 11 is 1.12. The summed E-state index contributed by atoms with van der Waals surface area (Å²) in [5.41, 5.74) is 1.74. The van der Waals surface area contributed by atoms with Crippen molar-refractivity contribution < 1.29 is 22.4 Å². The summed E-state index contributed by atoms with van der Waals surface area (Å²) < 4.78 is 36.3. The molecular formula is C19H20N4O5S2. The van der Waals surface area contributed by atoms with Crippen molar-refractivity contribution in [3.8, 4) is 17.2 Å². The Morgan fingerprint density at radius 3 is 2.37 bits per heavy atom. The molecule has 2 aromatic carbocycles. The topological polar surface area (TPSA) is 123 Å². The number of benzene rings is 2. The largest absolute Gasteiger partial charge is 0.497 e. The zero-order valence-electron chi connectivity index (χ0n) is 16.3. The van der Waals surface area contributed by atoms with Gasteiger partial charge >= 0.3 is 0 Å². The maximum Gasteiger partial charge on any atom is 0.277 e. The number of carbonyl (C=O) groups is 1. The average molecular weight is 449 g/mol. The number of nitrogens with zero attached hydrogens (tertiary/aromatic N) is 2. The Hall–Kier alpha value is -3.05. The van der Waals surface area contributed by atoms with Gasteiger partial charge in [-0.3, -0.25) is 9.52 Å². The van der Waals surface area contributed by atoms with Crippen LogP contribution in [-0.2, 0) is 14.8 Å². The van der Waals surface area contributed by atoms with Gasteiger partial charge in [-0.1, -0.05) is 11.8 Å². The Bertz CT molecular complexity index is 1100. The highest BCUT2D eigenvalue weighted by molar-refractivity contribution is 7.99. The van der Waals surface area contributed by atoms with Gasteiger partial charge in [-0.15, -0.1) is 10.2 Å². The molecule has 3 rings (SSSR count). The van der Waals surface area contributed by atoms with Gasteiger partial charge in [0.1, 0.15) is 5.75 Å². The fraction of sp³-hybridized carbons (Fsp3) is 0.211. The third-order valence-corrected chi connectivity index (χ3v) is 6.02. The van der Waals surface area contributed by atoms with Crippen LogP contribution in [0.2, 0.25) is 0 Å². The second-order valence-corrected chi connectivity index (χ2v) is 8.96. The maximum atomic E-state index is 12.1. The summed E-state index contributed by atoms with van der Waals surface area (Å²) in [5, 5.41) is 10.9. The smallest absolute Gasteiger partial charge is 0.277 e. The highest BCUT2D eigenvalue weighted by atomic mass is 32.2. The average Bonchev–Trinajstić information content (AvgIpc) is 3.22. The fourth-order valence-electron chi connectivity index (χ4n) is 2.32. The van der Waals surface area contributed by atoms with Crippen LogP contribution in [0.3, 0.4) is 0 Å². The predicted molar refractivity (Wildman–Crippen MR) is 115 cm³/mol. The molecule has 0 saturated carbocycles. The molecule has 0 spiro atoms.